The predicted octanol–water partition coefficient (Wildman–Crippen LogP) is 6.05. The van der Waals surface area contributed by atoms with E-state index in [0.29, 0.717) is 21.1 Å². The number of aryl methyl sites for hydroxylation is 1. The number of pyridine rings is 1. The molecule has 8 heteroatoms. The maximum absolute atomic E-state index is 13.1. The number of nitrogens with one attached hydrogen (secondary N) is 1. The number of amides is 1. The third-order valence-corrected chi connectivity index (χ3v) is 6.12. The molecule has 1 amide bonds. The molecule has 0 aliphatic rings. The summed E-state index contributed by atoms with van der Waals surface area (Å²) in [7, 11) is 0. The van der Waals surface area contributed by atoms with Gasteiger partial charge in [0.25, 0.3) is 5.91 Å². The minimum Gasteiger partial charge on any atom is -0.340 e. The van der Waals surface area contributed by atoms with Crippen molar-refractivity contribution in [3.63, 3.8) is 0 Å². The molecule has 2 heterocycles. The highest BCUT2D eigenvalue weighted by Crippen LogP contribution is 2.33. The number of alkyl halides is 3. The van der Waals surface area contributed by atoms with E-state index in [2.05, 4.69) is 15.3 Å². The van der Waals surface area contributed by atoms with Crippen LogP contribution < -0.4 is 5.32 Å². The summed E-state index contributed by atoms with van der Waals surface area (Å²) in [5, 5.41) is 3.54. The molecule has 4 aromatic rings. The molecule has 1 unspecified atom stereocenters. The second-order valence-corrected chi connectivity index (χ2v) is 8.11. The van der Waals surface area contributed by atoms with Crippen LogP contribution in [0.25, 0.3) is 10.6 Å². The first kappa shape index (κ1) is 21.7. The molecule has 0 aliphatic carbocycles. The quantitative estimate of drug-likeness (QED) is 0.400. The molecule has 32 heavy (non-hydrogen) atoms. The summed E-state index contributed by atoms with van der Waals surface area (Å²) in [6.07, 6.45) is -1.07. The number of halogens is 3. The topological polar surface area (TPSA) is 54.9 Å². The molecule has 2 aromatic heterocycles. The summed E-state index contributed by atoms with van der Waals surface area (Å²) in [5.41, 5.74) is 2.11. The van der Waals surface area contributed by atoms with Crippen molar-refractivity contribution in [2.75, 3.05) is 0 Å². The summed E-state index contributed by atoms with van der Waals surface area (Å²) in [6, 6.07) is 17.6. The van der Waals surface area contributed by atoms with Crippen LogP contribution in [0.5, 0.6) is 0 Å². The Morgan fingerprint density at radius 3 is 2.19 bits per heavy atom. The Labute approximate surface area is 186 Å². The van der Waals surface area contributed by atoms with E-state index in [4.69, 9.17) is 0 Å². The van der Waals surface area contributed by atoms with Crippen LogP contribution in [0.4, 0.5) is 13.2 Å². The summed E-state index contributed by atoms with van der Waals surface area (Å²) >= 11 is 1.15. The Hall–Kier alpha value is -3.52. The molecule has 0 bridgehead atoms. The van der Waals surface area contributed by atoms with Crippen molar-refractivity contribution in [3.05, 3.63) is 106 Å². The average Bonchev–Trinajstić information content (AvgIpc) is 3.20. The van der Waals surface area contributed by atoms with Crippen LogP contribution in [0, 0.1) is 6.92 Å². The highest BCUT2D eigenvalue weighted by atomic mass is 32.1. The van der Waals surface area contributed by atoms with E-state index in [1.54, 1.807) is 19.3 Å². The Morgan fingerprint density at radius 2 is 1.56 bits per heavy atom. The molecule has 1 N–H and O–H groups in total. The Kier molecular flexibility index (Phi) is 6.05. The number of thiazole rings is 1. The van der Waals surface area contributed by atoms with Gasteiger partial charge in [-0.3, -0.25) is 9.78 Å². The molecule has 4 nitrogen and oxygen atoms in total. The largest absolute Gasteiger partial charge is 0.416 e. The lowest BCUT2D eigenvalue weighted by Crippen LogP contribution is -2.29. The second kappa shape index (κ2) is 8.92. The molecule has 0 fully saturated rings. The summed E-state index contributed by atoms with van der Waals surface area (Å²) in [6.45, 7) is 1.71. The third-order valence-electron chi connectivity index (χ3n) is 4.91. The fourth-order valence-corrected chi connectivity index (χ4v) is 4.26. The molecular weight excluding hydrogens is 435 g/mol. The van der Waals surface area contributed by atoms with Crippen molar-refractivity contribution in [3.8, 4) is 10.6 Å². The van der Waals surface area contributed by atoms with Crippen molar-refractivity contribution in [1.82, 2.24) is 15.3 Å². The number of hydrogen-bond donors (Lipinski definition) is 1. The highest BCUT2D eigenvalue weighted by molar-refractivity contribution is 7.17. The Bertz CT molecular complexity index is 1170. The van der Waals surface area contributed by atoms with Crippen molar-refractivity contribution in [1.29, 1.82) is 0 Å². The van der Waals surface area contributed by atoms with Gasteiger partial charge in [-0.25, -0.2) is 4.98 Å². The summed E-state index contributed by atoms with van der Waals surface area (Å²) in [4.78, 5) is 22.0. The number of benzene rings is 2. The van der Waals surface area contributed by atoms with Gasteiger partial charge < -0.3 is 5.32 Å². The van der Waals surface area contributed by atoms with E-state index in [1.165, 1.54) is 12.1 Å². The lowest BCUT2D eigenvalue weighted by Gasteiger charge is -2.19. The van der Waals surface area contributed by atoms with Crippen LogP contribution in [0.15, 0.2) is 79.1 Å². The van der Waals surface area contributed by atoms with E-state index in [1.807, 2.05) is 42.5 Å². The number of carbonyl (C=O) groups is 1. The van der Waals surface area contributed by atoms with E-state index >= 15 is 0 Å². The smallest absolute Gasteiger partial charge is 0.340 e. The maximum atomic E-state index is 13.1. The number of carbonyl (C=O) groups excluding carboxylic acids is 1. The van der Waals surface area contributed by atoms with E-state index in [9.17, 15) is 18.0 Å². The van der Waals surface area contributed by atoms with Gasteiger partial charge in [-0.2, -0.15) is 13.2 Å². The van der Waals surface area contributed by atoms with Crippen LogP contribution in [0.1, 0.15) is 38.1 Å². The van der Waals surface area contributed by atoms with Crippen molar-refractivity contribution in [2.45, 2.75) is 19.1 Å². The summed E-state index contributed by atoms with van der Waals surface area (Å²) < 4.78 is 38.5. The highest BCUT2D eigenvalue weighted by Gasteiger charge is 2.30. The van der Waals surface area contributed by atoms with Gasteiger partial charge in [-0.1, -0.05) is 42.5 Å². The second-order valence-electron chi connectivity index (χ2n) is 7.11. The first-order valence-electron chi connectivity index (χ1n) is 9.74. The van der Waals surface area contributed by atoms with Gasteiger partial charge >= 0.3 is 6.18 Å². The van der Waals surface area contributed by atoms with Crippen molar-refractivity contribution < 1.29 is 18.0 Å². The van der Waals surface area contributed by atoms with Crippen LogP contribution in [-0.4, -0.2) is 15.9 Å². The van der Waals surface area contributed by atoms with Crippen molar-refractivity contribution >= 4 is 17.2 Å². The molecule has 0 saturated carbocycles. The van der Waals surface area contributed by atoms with E-state index < -0.39 is 11.7 Å². The molecule has 0 aliphatic heterocycles. The molecule has 162 valence electrons. The lowest BCUT2D eigenvalue weighted by atomic mass is 9.99. The van der Waals surface area contributed by atoms with Gasteiger partial charge in [0, 0.05) is 18.0 Å². The summed E-state index contributed by atoms with van der Waals surface area (Å²) in [5.74, 6) is -0.302. The molecule has 1 atom stereocenters. The van der Waals surface area contributed by atoms with Gasteiger partial charge in [0.15, 0.2) is 0 Å². The Morgan fingerprint density at radius 1 is 0.938 bits per heavy atom. The molecule has 0 radical (unpaired) electrons. The number of rotatable bonds is 5. The first-order chi connectivity index (χ1) is 15.3. The predicted molar refractivity (Wildman–Crippen MR) is 117 cm³/mol. The maximum Gasteiger partial charge on any atom is 0.416 e. The SMILES string of the molecule is Cc1nc(-c2ccc(C(F)(F)F)cc2)sc1C(=O)NC(c1ccccc1)c1ccncc1. The molecular formula is C24H18F3N3OS. The molecule has 0 spiro atoms. The molecule has 2 aromatic carbocycles. The van der Waals surface area contributed by atoms with Gasteiger partial charge in [-0.05, 0) is 42.3 Å². The van der Waals surface area contributed by atoms with Gasteiger partial charge in [-0.15, -0.1) is 11.3 Å². The zero-order valence-corrected chi connectivity index (χ0v) is 17.7. The van der Waals surface area contributed by atoms with Crippen molar-refractivity contribution in [2.24, 2.45) is 0 Å². The van der Waals surface area contributed by atoms with E-state index in [0.717, 1.165) is 34.6 Å². The molecule has 0 saturated heterocycles. The molecule has 4 rings (SSSR count). The fourth-order valence-electron chi connectivity index (χ4n) is 3.29. The van der Waals surface area contributed by atoms with Gasteiger partial charge in [0.2, 0.25) is 0 Å². The number of nitrogens with zero attached hydrogens (tertiary/aromatic N) is 2. The number of aromatic nitrogens is 2. The number of hydrogen-bond acceptors (Lipinski definition) is 4. The van der Waals surface area contributed by atoms with E-state index in [-0.39, 0.29) is 11.9 Å². The zero-order chi connectivity index (χ0) is 22.7. The minimum absolute atomic E-state index is 0.302. The van der Waals surface area contributed by atoms with Gasteiger partial charge in [0.1, 0.15) is 9.88 Å². The zero-order valence-electron chi connectivity index (χ0n) is 16.9. The first-order valence-corrected chi connectivity index (χ1v) is 10.6. The van der Waals surface area contributed by atoms with Crippen LogP contribution in [0.2, 0.25) is 0 Å². The normalized spacial score (nSPS) is 12.4. The monoisotopic (exact) mass is 453 g/mol. The lowest BCUT2D eigenvalue weighted by molar-refractivity contribution is -0.137. The van der Waals surface area contributed by atoms with Gasteiger partial charge in [0.05, 0.1) is 17.3 Å². The minimum atomic E-state index is -4.40. The van der Waals surface area contributed by atoms with Crippen LogP contribution in [-0.2, 0) is 6.18 Å². The van der Waals surface area contributed by atoms with Crippen LogP contribution >= 0.6 is 11.3 Å². The standard InChI is InChI=1S/C24H18F3N3OS/c1-15-21(32-23(29-15)18-7-9-19(10-8-18)24(25,26)27)22(31)30-20(16-5-3-2-4-6-16)17-11-13-28-14-12-17/h2-14,20H,1H3,(H,30,31). The fraction of sp³-hybridized carbons (Fsp3) is 0.125. The average molecular weight is 453 g/mol. The third kappa shape index (κ3) is 4.70. The van der Waals surface area contributed by atoms with Crippen LogP contribution in [0.3, 0.4) is 0 Å². The Balaban J connectivity index is 1.61.